The fourth-order valence-electron chi connectivity index (χ4n) is 2.20. The fraction of sp³-hybridized carbons (Fsp3) is 0.500. The predicted octanol–water partition coefficient (Wildman–Crippen LogP) is 0.859. The van der Waals surface area contributed by atoms with Crippen LogP contribution in [-0.2, 0) is 4.79 Å². The van der Waals surface area contributed by atoms with Crippen molar-refractivity contribution < 1.29 is 4.79 Å². The lowest BCUT2D eigenvalue weighted by molar-refractivity contribution is -0.122. The minimum atomic E-state index is -0.245. The molecule has 0 atom stereocenters. The molecule has 1 spiro atoms. The van der Waals surface area contributed by atoms with Crippen molar-refractivity contribution in [3.63, 3.8) is 0 Å². The van der Waals surface area contributed by atoms with Gasteiger partial charge in [-0.15, -0.1) is 0 Å². The van der Waals surface area contributed by atoms with Gasteiger partial charge in [0.2, 0.25) is 5.91 Å². The minimum Gasteiger partial charge on any atom is -0.302 e. The van der Waals surface area contributed by atoms with E-state index in [4.69, 9.17) is 0 Å². The van der Waals surface area contributed by atoms with E-state index in [0.29, 0.717) is 0 Å². The van der Waals surface area contributed by atoms with E-state index in [2.05, 4.69) is 10.3 Å². The second kappa shape index (κ2) is 3.28. The molecule has 2 aliphatic rings. The molecule has 1 saturated heterocycles. The Labute approximate surface area is 94.7 Å². The van der Waals surface area contributed by atoms with Crippen LogP contribution < -0.4 is 10.2 Å². The number of carbonyl (C=O) groups is 1. The van der Waals surface area contributed by atoms with E-state index < -0.39 is 0 Å². The highest BCUT2D eigenvalue weighted by Gasteiger charge is 2.53. The maximum Gasteiger partial charge on any atom is 0.248 e. The molecule has 3 rings (SSSR count). The summed E-state index contributed by atoms with van der Waals surface area (Å²) >= 11 is 0. The van der Waals surface area contributed by atoms with Crippen molar-refractivity contribution in [2.24, 2.45) is 0 Å². The van der Waals surface area contributed by atoms with Crippen molar-refractivity contribution in [2.75, 3.05) is 18.0 Å². The molecule has 0 aromatic carbocycles. The number of nitrogens with zero attached hydrogens (tertiary/aromatic N) is 2. The van der Waals surface area contributed by atoms with E-state index in [9.17, 15) is 4.79 Å². The van der Waals surface area contributed by atoms with Crippen molar-refractivity contribution in [1.29, 1.82) is 0 Å². The van der Waals surface area contributed by atoms with Crippen molar-refractivity contribution >= 4 is 11.7 Å². The minimum absolute atomic E-state index is 0.190. The summed E-state index contributed by atoms with van der Waals surface area (Å²) in [4.78, 5) is 18.3. The van der Waals surface area contributed by atoms with Crippen LogP contribution in [0.2, 0.25) is 0 Å². The number of hydrogen-bond acceptors (Lipinski definition) is 3. The smallest absolute Gasteiger partial charge is 0.248 e. The molecule has 4 heteroatoms. The number of aromatic nitrogens is 1. The lowest BCUT2D eigenvalue weighted by Crippen LogP contribution is -2.57. The number of carbonyl (C=O) groups excluding carboxylic acids is 1. The summed E-state index contributed by atoms with van der Waals surface area (Å²) in [5.74, 6) is 0.971. The van der Waals surface area contributed by atoms with Crippen LogP contribution >= 0.6 is 0 Å². The van der Waals surface area contributed by atoms with Crippen LogP contribution in [0.15, 0.2) is 18.3 Å². The van der Waals surface area contributed by atoms with Gasteiger partial charge in [0.1, 0.15) is 5.82 Å². The molecule has 1 N–H and O–H groups in total. The van der Waals surface area contributed by atoms with Gasteiger partial charge in [0.05, 0.1) is 5.54 Å². The molecule has 84 valence electrons. The highest BCUT2D eigenvalue weighted by Crippen LogP contribution is 2.39. The average Bonchev–Trinajstić information content (AvgIpc) is 3.05. The lowest BCUT2D eigenvalue weighted by atomic mass is 10.1. The Morgan fingerprint density at radius 3 is 2.88 bits per heavy atom. The zero-order valence-electron chi connectivity index (χ0n) is 9.36. The maximum atomic E-state index is 12.2. The number of piperazine rings is 1. The number of pyridine rings is 1. The molecule has 0 radical (unpaired) electrons. The summed E-state index contributed by atoms with van der Waals surface area (Å²) in [6, 6.07) is 3.92. The first-order chi connectivity index (χ1) is 7.71. The summed E-state index contributed by atoms with van der Waals surface area (Å²) in [5.41, 5.74) is 0.873. The summed E-state index contributed by atoms with van der Waals surface area (Å²) in [6.45, 7) is 3.58. The quantitative estimate of drug-likeness (QED) is 0.759. The first-order valence-corrected chi connectivity index (χ1v) is 5.71. The Bertz CT molecular complexity index is 422. The second-order valence-electron chi connectivity index (χ2n) is 4.66. The maximum absolute atomic E-state index is 12.2. The van der Waals surface area contributed by atoms with Gasteiger partial charge >= 0.3 is 0 Å². The van der Waals surface area contributed by atoms with Crippen LogP contribution in [0.25, 0.3) is 0 Å². The molecule has 4 nitrogen and oxygen atoms in total. The van der Waals surface area contributed by atoms with Crippen molar-refractivity contribution in [1.82, 2.24) is 10.3 Å². The summed E-state index contributed by atoms with van der Waals surface area (Å²) in [7, 11) is 0. The van der Waals surface area contributed by atoms with Crippen LogP contribution in [-0.4, -0.2) is 29.5 Å². The second-order valence-corrected chi connectivity index (χ2v) is 4.66. The van der Waals surface area contributed by atoms with E-state index in [0.717, 1.165) is 37.3 Å². The highest BCUT2D eigenvalue weighted by molar-refractivity contribution is 6.02. The zero-order valence-corrected chi connectivity index (χ0v) is 9.36. The molecule has 2 fully saturated rings. The molecule has 1 saturated carbocycles. The van der Waals surface area contributed by atoms with Crippen molar-refractivity contribution in [3.05, 3.63) is 23.9 Å². The Hall–Kier alpha value is -1.42. The molecule has 1 amide bonds. The molecule has 1 aliphatic carbocycles. The van der Waals surface area contributed by atoms with E-state index in [-0.39, 0.29) is 11.4 Å². The topological polar surface area (TPSA) is 45.2 Å². The van der Waals surface area contributed by atoms with E-state index in [1.807, 2.05) is 30.2 Å². The van der Waals surface area contributed by atoms with Gasteiger partial charge in [-0.2, -0.15) is 0 Å². The summed E-state index contributed by atoms with van der Waals surface area (Å²) in [5, 5.41) is 3.31. The normalized spacial score (nSPS) is 22.6. The third-order valence-corrected chi connectivity index (χ3v) is 3.38. The third kappa shape index (κ3) is 1.41. The van der Waals surface area contributed by atoms with Crippen LogP contribution in [0.5, 0.6) is 0 Å². The first kappa shape index (κ1) is 9.78. The van der Waals surface area contributed by atoms with Crippen molar-refractivity contribution in [3.8, 4) is 0 Å². The fourth-order valence-corrected chi connectivity index (χ4v) is 2.20. The lowest BCUT2D eigenvalue weighted by Gasteiger charge is -2.32. The first-order valence-electron chi connectivity index (χ1n) is 5.71. The average molecular weight is 217 g/mol. The largest absolute Gasteiger partial charge is 0.302 e. The Balaban J connectivity index is 1.89. The highest BCUT2D eigenvalue weighted by atomic mass is 16.2. The van der Waals surface area contributed by atoms with E-state index in [1.165, 1.54) is 0 Å². The molecule has 0 bridgehead atoms. The van der Waals surface area contributed by atoms with Crippen molar-refractivity contribution in [2.45, 2.75) is 25.3 Å². The predicted molar refractivity (Wildman–Crippen MR) is 61.3 cm³/mol. The Kier molecular flexibility index (Phi) is 2.01. The number of hydrogen-bond donors (Lipinski definition) is 1. The molecule has 1 aromatic rings. The van der Waals surface area contributed by atoms with Gasteiger partial charge in [0.25, 0.3) is 0 Å². The van der Waals surface area contributed by atoms with Crippen LogP contribution in [0.1, 0.15) is 18.4 Å². The zero-order chi connectivity index (χ0) is 11.2. The SMILES string of the molecule is Cc1ccc(N2CCNC3(CC3)C2=O)nc1. The van der Waals surface area contributed by atoms with Crippen LogP contribution in [0.3, 0.4) is 0 Å². The van der Waals surface area contributed by atoms with Gasteiger partial charge in [-0.05, 0) is 31.4 Å². The number of amides is 1. The summed E-state index contributed by atoms with van der Waals surface area (Å²) < 4.78 is 0. The third-order valence-electron chi connectivity index (χ3n) is 3.38. The molecule has 2 heterocycles. The molecule has 16 heavy (non-hydrogen) atoms. The molecule has 1 aromatic heterocycles. The van der Waals surface area contributed by atoms with Gasteiger partial charge in [-0.25, -0.2) is 4.98 Å². The van der Waals surface area contributed by atoms with E-state index >= 15 is 0 Å². The molecule has 0 unspecified atom stereocenters. The number of nitrogens with one attached hydrogen (secondary N) is 1. The van der Waals surface area contributed by atoms with Crippen LogP contribution in [0, 0.1) is 6.92 Å². The molecular weight excluding hydrogens is 202 g/mol. The van der Waals surface area contributed by atoms with Gasteiger partial charge < -0.3 is 5.32 Å². The van der Waals surface area contributed by atoms with Gasteiger partial charge in [-0.1, -0.05) is 6.07 Å². The number of aryl methyl sites for hydroxylation is 1. The van der Waals surface area contributed by atoms with E-state index in [1.54, 1.807) is 0 Å². The monoisotopic (exact) mass is 217 g/mol. The van der Waals surface area contributed by atoms with Gasteiger partial charge in [0, 0.05) is 19.3 Å². The molecular formula is C12H15N3O. The van der Waals surface area contributed by atoms with Gasteiger partial charge in [-0.3, -0.25) is 9.69 Å². The Morgan fingerprint density at radius 2 is 2.25 bits per heavy atom. The van der Waals surface area contributed by atoms with Crippen LogP contribution in [0.4, 0.5) is 5.82 Å². The number of rotatable bonds is 1. The standard InChI is InChI=1S/C12H15N3O/c1-9-2-3-10(13-8-9)15-7-6-14-12(4-5-12)11(15)16/h2-3,8,14H,4-7H2,1H3. The summed E-state index contributed by atoms with van der Waals surface area (Å²) in [6.07, 6.45) is 3.74. The van der Waals surface area contributed by atoms with Gasteiger partial charge in [0.15, 0.2) is 0 Å². The number of anilines is 1. The molecule has 1 aliphatic heterocycles. The Morgan fingerprint density at radius 1 is 1.44 bits per heavy atom.